The molecular weight excluding hydrogens is 298 g/mol. The summed E-state index contributed by atoms with van der Waals surface area (Å²) in [6, 6.07) is 14.4. The maximum absolute atomic E-state index is 12.4. The molecule has 0 saturated carbocycles. The molecule has 128 valence electrons. The monoisotopic (exact) mass is 325 g/mol. The minimum absolute atomic E-state index is 0.0250. The first kappa shape index (κ1) is 18.1. The van der Waals surface area contributed by atoms with Crippen LogP contribution in [0.4, 0.5) is 0 Å². The highest BCUT2D eigenvalue weighted by Gasteiger charge is 2.14. The predicted octanol–water partition coefficient (Wildman–Crippen LogP) is 4.38. The lowest BCUT2D eigenvalue weighted by molar-refractivity contribution is -0.121. The molecule has 0 bridgehead atoms. The summed E-state index contributed by atoms with van der Waals surface area (Å²) in [6.07, 6.45) is 2.28. The molecule has 0 saturated heterocycles. The quantitative estimate of drug-likeness (QED) is 0.820. The van der Waals surface area contributed by atoms with Crippen molar-refractivity contribution >= 4 is 5.91 Å². The first-order valence-electron chi connectivity index (χ1n) is 8.59. The van der Waals surface area contributed by atoms with Crippen LogP contribution < -0.4 is 10.1 Å². The zero-order valence-corrected chi connectivity index (χ0v) is 15.1. The summed E-state index contributed by atoms with van der Waals surface area (Å²) >= 11 is 0. The van der Waals surface area contributed by atoms with Crippen LogP contribution in [0.5, 0.6) is 5.75 Å². The van der Waals surface area contributed by atoms with E-state index >= 15 is 0 Å². The number of nitrogens with one attached hydrogen (secondary N) is 1. The van der Waals surface area contributed by atoms with E-state index in [-0.39, 0.29) is 11.9 Å². The fourth-order valence-corrected chi connectivity index (χ4v) is 2.86. The summed E-state index contributed by atoms with van der Waals surface area (Å²) in [5, 5.41) is 3.15. The van der Waals surface area contributed by atoms with Gasteiger partial charge in [-0.05, 0) is 48.1 Å². The summed E-state index contributed by atoms with van der Waals surface area (Å²) in [7, 11) is 1.67. The molecule has 2 aromatic carbocycles. The lowest BCUT2D eigenvalue weighted by Gasteiger charge is -2.19. The summed E-state index contributed by atoms with van der Waals surface area (Å²) in [5.41, 5.74) is 4.54. The Morgan fingerprint density at radius 3 is 2.29 bits per heavy atom. The van der Waals surface area contributed by atoms with Gasteiger partial charge in [-0.1, -0.05) is 50.2 Å². The average molecular weight is 325 g/mol. The number of ether oxygens (including phenoxy) is 1. The zero-order chi connectivity index (χ0) is 17.5. The molecule has 0 aliphatic heterocycles. The van der Waals surface area contributed by atoms with Crippen molar-refractivity contribution in [3.63, 3.8) is 0 Å². The van der Waals surface area contributed by atoms with Gasteiger partial charge in [0.25, 0.3) is 0 Å². The van der Waals surface area contributed by atoms with E-state index in [1.165, 1.54) is 5.56 Å². The number of aryl methyl sites for hydroxylation is 2. The normalized spacial score (nSPS) is 11.8. The first-order valence-corrected chi connectivity index (χ1v) is 8.59. The molecular formula is C21H27NO2. The largest absolute Gasteiger partial charge is 0.496 e. The molecule has 2 aromatic rings. The molecule has 0 aromatic heterocycles. The van der Waals surface area contributed by atoms with Crippen molar-refractivity contribution in [2.45, 2.75) is 46.1 Å². The molecule has 1 atom stereocenters. The van der Waals surface area contributed by atoms with E-state index in [1.54, 1.807) is 7.11 Å². The highest BCUT2D eigenvalue weighted by molar-refractivity contribution is 5.79. The highest BCUT2D eigenvalue weighted by Crippen LogP contribution is 2.24. The second-order valence-electron chi connectivity index (χ2n) is 6.10. The third kappa shape index (κ3) is 4.60. The van der Waals surface area contributed by atoms with E-state index < -0.39 is 0 Å². The Balaban J connectivity index is 2.03. The number of rotatable bonds is 7. The Hall–Kier alpha value is -2.29. The molecule has 0 radical (unpaired) electrons. The smallest absolute Gasteiger partial charge is 0.224 e. The third-order valence-corrected chi connectivity index (χ3v) is 4.36. The van der Waals surface area contributed by atoms with Gasteiger partial charge in [-0.3, -0.25) is 4.79 Å². The number of hydrogen-bond acceptors (Lipinski definition) is 2. The van der Waals surface area contributed by atoms with Gasteiger partial charge in [0.2, 0.25) is 5.91 Å². The van der Waals surface area contributed by atoms with Crippen LogP contribution in [-0.4, -0.2) is 13.0 Å². The van der Waals surface area contributed by atoms with Crippen molar-refractivity contribution < 1.29 is 9.53 Å². The Morgan fingerprint density at radius 1 is 1.08 bits per heavy atom. The number of carbonyl (C=O) groups excluding carboxylic acids is 1. The van der Waals surface area contributed by atoms with Gasteiger partial charge in [0.15, 0.2) is 0 Å². The van der Waals surface area contributed by atoms with Gasteiger partial charge in [-0.2, -0.15) is 0 Å². The maximum Gasteiger partial charge on any atom is 0.224 e. The Labute approximate surface area is 145 Å². The van der Waals surface area contributed by atoms with Crippen LogP contribution >= 0.6 is 0 Å². The Morgan fingerprint density at radius 2 is 1.75 bits per heavy atom. The lowest BCUT2D eigenvalue weighted by Crippen LogP contribution is -2.29. The molecule has 0 unspecified atom stereocenters. The van der Waals surface area contributed by atoms with Gasteiger partial charge in [-0.15, -0.1) is 0 Å². The summed E-state index contributed by atoms with van der Waals surface area (Å²) < 4.78 is 5.30. The number of carbonyl (C=O) groups is 1. The SMILES string of the molecule is CCc1ccc(CC(=O)N[C@@H](CC)c2ccc(OC)c(C)c2)cc1. The van der Waals surface area contributed by atoms with Crippen molar-refractivity contribution in [2.75, 3.05) is 7.11 Å². The fraction of sp³-hybridized carbons (Fsp3) is 0.381. The first-order chi connectivity index (χ1) is 11.6. The summed E-state index contributed by atoms with van der Waals surface area (Å²) in [5.74, 6) is 0.926. The highest BCUT2D eigenvalue weighted by atomic mass is 16.5. The van der Waals surface area contributed by atoms with Crippen LogP contribution in [0.3, 0.4) is 0 Å². The van der Waals surface area contributed by atoms with Crippen molar-refractivity contribution in [2.24, 2.45) is 0 Å². The van der Waals surface area contributed by atoms with Crippen LogP contribution in [0, 0.1) is 6.92 Å². The number of amides is 1. The Kier molecular flexibility index (Phi) is 6.42. The van der Waals surface area contributed by atoms with Gasteiger partial charge in [0.05, 0.1) is 19.6 Å². The van der Waals surface area contributed by atoms with Crippen LogP contribution in [0.2, 0.25) is 0 Å². The van der Waals surface area contributed by atoms with Gasteiger partial charge in [0.1, 0.15) is 5.75 Å². The molecule has 0 heterocycles. The second kappa shape index (κ2) is 8.53. The van der Waals surface area contributed by atoms with E-state index in [0.717, 1.165) is 35.3 Å². The topological polar surface area (TPSA) is 38.3 Å². The number of hydrogen-bond donors (Lipinski definition) is 1. The average Bonchev–Trinajstić information content (AvgIpc) is 2.60. The van der Waals surface area contributed by atoms with E-state index in [1.807, 2.05) is 31.2 Å². The minimum Gasteiger partial charge on any atom is -0.496 e. The predicted molar refractivity (Wildman–Crippen MR) is 98.4 cm³/mol. The maximum atomic E-state index is 12.4. The standard InChI is InChI=1S/C21H27NO2/c1-5-16-7-9-17(10-8-16)14-21(23)22-19(6-2)18-11-12-20(24-4)15(3)13-18/h7-13,19H,5-6,14H2,1-4H3,(H,22,23)/t19-/m0/s1. The fourth-order valence-electron chi connectivity index (χ4n) is 2.86. The second-order valence-corrected chi connectivity index (χ2v) is 6.10. The minimum atomic E-state index is 0.0250. The molecule has 1 N–H and O–H groups in total. The van der Waals surface area contributed by atoms with Crippen molar-refractivity contribution in [1.82, 2.24) is 5.32 Å². The molecule has 3 nitrogen and oxygen atoms in total. The molecule has 3 heteroatoms. The number of methoxy groups -OCH3 is 1. The van der Waals surface area contributed by atoms with Crippen LogP contribution in [0.25, 0.3) is 0 Å². The number of benzene rings is 2. The Bertz CT molecular complexity index is 677. The molecule has 0 fully saturated rings. The van der Waals surface area contributed by atoms with Crippen LogP contribution in [-0.2, 0) is 17.6 Å². The molecule has 0 spiro atoms. The van der Waals surface area contributed by atoms with E-state index in [0.29, 0.717) is 6.42 Å². The van der Waals surface area contributed by atoms with E-state index in [9.17, 15) is 4.79 Å². The molecule has 0 aliphatic rings. The zero-order valence-electron chi connectivity index (χ0n) is 15.1. The van der Waals surface area contributed by atoms with Crippen molar-refractivity contribution in [3.8, 4) is 5.75 Å². The van der Waals surface area contributed by atoms with E-state index in [4.69, 9.17) is 4.74 Å². The van der Waals surface area contributed by atoms with Gasteiger partial charge in [0, 0.05) is 0 Å². The lowest BCUT2D eigenvalue weighted by atomic mass is 10.0. The summed E-state index contributed by atoms with van der Waals surface area (Å²) in [6.45, 7) is 6.23. The summed E-state index contributed by atoms with van der Waals surface area (Å²) in [4.78, 5) is 12.4. The molecule has 24 heavy (non-hydrogen) atoms. The molecule has 2 rings (SSSR count). The van der Waals surface area contributed by atoms with Gasteiger partial charge < -0.3 is 10.1 Å². The third-order valence-electron chi connectivity index (χ3n) is 4.36. The van der Waals surface area contributed by atoms with Crippen molar-refractivity contribution in [3.05, 3.63) is 64.7 Å². The van der Waals surface area contributed by atoms with Gasteiger partial charge >= 0.3 is 0 Å². The van der Waals surface area contributed by atoms with Crippen LogP contribution in [0.15, 0.2) is 42.5 Å². The molecule has 0 aliphatic carbocycles. The van der Waals surface area contributed by atoms with Crippen LogP contribution in [0.1, 0.15) is 48.6 Å². The van der Waals surface area contributed by atoms with Gasteiger partial charge in [-0.25, -0.2) is 0 Å². The molecule has 1 amide bonds. The van der Waals surface area contributed by atoms with E-state index in [2.05, 4.69) is 37.4 Å². The van der Waals surface area contributed by atoms with Crippen molar-refractivity contribution in [1.29, 1.82) is 0 Å².